The number of aromatic nitrogens is 1. The fourth-order valence-electron chi connectivity index (χ4n) is 1.68. The van der Waals surface area contributed by atoms with Crippen molar-refractivity contribution in [3.8, 4) is 0 Å². The van der Waals surface area contributed by atoms with Crippen molar-refractivity contribution >= 4 is 17.7 Å². The van der Waals surface area contributed by atoms with Crippen LogP contribution in [0, 0.1) is 15.5 Å². The van der Waals surface area contributed by atoms with Gasteiger partial charge in [-0.25, -0.2) is 4.57 Å². The highest BCUT2D eigenvalue weighted by Gasteiger charge is 2.45. The van der Waals surface area contributed by atoms with E-state index in [9.17, 15) is 24.8 Å². The van der Waals surface area contributed by atoms with E-state index in [0.717, 1.165) is 4.57 Å². The summed E-state index contributed by atoms with van der Waals surface area (Å²) in [7, 11) is 1.41. The molecule has 0 saturated carbocycles. The molecule has 0 aliphatic rings. The smallest absolute Gasteiger partial charge is 0.323 e. The van der Waals surface area contributed by atoms with E-state index >= 15 is 0 Å². The van der Waals surface area contributed by atoms with Crippen LogP contribution in [0.4, 0.5) is 5.82 Å². The van der Waals surface area contributed by atoms with Crippen molar-refractivity contribution in [3.63, 3.8) is 0 Å². The van der Waals surface area contributed by atoms with Gasteiger partial charge in [-0.15, -0.1) is 0 Å². The molecule has 8 nitrogen and oxygen atoms in total. The van der Waals surface area contributed by atoms with Crippen LogP contribution in [0.2, 0.25) is 0 Å². The molecule has 8 heteroatoms. The highest BCUT2D eigenvalue weighted by Crippen LogP contribution is 2.31. The number of carbonyl (C=O) groups excluding carboxylic acids is 1. The summed E-state index contributed by atoms with van der Waals surface area (Å²) >= 11 is 0. The minimum atomic E-state index is -1.21. The van der Waals surface area contributed by atoms with Crippen molar-refractivity contribution in [1.82, 2.24) is 9.88 Å². The normalized spacial score (nSPS) is 12.0. The third kappa shape index (κ3) is 2.88. The van der Waals surface area contributed by atoms with E-state index in [4.69, 9.17) is 0 Å². The van der Waals surface area contributed by atoms with Crippen molar-refractivity contribution in [3.05, 3.63) is 27.9 Å². The molecule has 0 saturated heterocycles. The summed E-state index contributed by atoms with van der Waals surface area (Å²) in [6.45, 7) is 6.19. The third-order valence-electron chi connectivity index (χ3n) is 4.04. The van der Waals surface area contributed by atoms with Gasteiger partial charge in [0.25, 0.3) is 5.91 Å². The van der Waals surface area contributed by atoms with Gasteiger partial charge < -0.3 is 20.5 Å². The van der Waals surface area contributed by atoms with E-state index < -0.39 is 27.8 Å². The second-order valence-electron chi connectivity index (χ2n) is 5.90. The zero-order valence-electron chi connectivity index (χ0n) is 12.6. The lowest BCUT2D eigenvalue weighted by Crippen LogP contribution is -2.57. The largest absolute Gasteiger partial charge is 0.481 e. The van der Waals surface area contributed by atoms with Crippen molar-refractivity contribution in [1.29, 1.82) is 0 Å². The van der Waals surface area contributed by atoms with E-state index in [1.165, 1.54) is 33.0 Å². The summed E-state index contributed by atoms with van der Waals surface area (Å²) in [6.07, 6.45) is 0. The quantitative estimate of drug-likeness (QED) is 0.632. The Balaban J connectivity index is 3.07. The molecule has 0 atom stereocenters. The number of hydrogen-bond acceptors (Lipinski definition) is 4. The van der Waals surface area contributed by atoms with Crippen LogP contribution in [0.15, 0.2) is 12.1 Å². The molecule has 1 aromatic rings. The summed E-state index contributed by atoms with van der Waals surface area (Å²) in [5, 5.41) is 22.6. The molecule has 0 bridgehead atoms. The fourth-order valence-corrected chi connectivity index (χ4v) is 1.68. The number of nitrogens with one attached hydrogen (secondary N) is 1. The van der Waals surface area contributed by atoms with Crippen LogP contribution in [0.1, 0.15) is 38.2 Å². The second-order valence-corrected chi connectivity index (χ2v) is 5.90. The predicted octanol–water partition coefficient (Wildman–Crippen LogP) is 1.55. The molecule has 1 amide bonds. The number of hydrogen-bond donors (Lipinski definition) is 2. The summed E-state index contributed by atoms with van der Waals surface area (Å²) in [5.41, 5.74) is -2.16. The van der Waals surface area contributed by atoms with Crippen LogP contribution >= 0.6 is 0 Å². The SMILES string of the molecule is Cn1c(C(=O)NC(C)(C)C(C)(C)C(=O)O)ccc1[N+](=O)[O-]. The monoisotopic (exact) mass is 297 g/mol. The molecule has 0 fully saturated rings. The van der Waals surface area contributed by atoms with Crippen LogP contribution in [-0.4, -0.2) is 32.0 Å². The summed E-state index contributed by atoms with van der Waals surface area (Å²) in [6, 6.07) is 2.56. The van der Waals surface area contributed by atoms with Gasteiger partial charge in [-0.1, -0.05) is 0 Å². The minimum Gasteiger partial charge on any atom is -0.481 e. The Hall–Kier alpha value is -2.38. The van der Waals surface area contributed by atoms with Gasteiger partial charge in [-0.2, -0.15) is 0 Å². The van der Waals surface area contributed by atoms with Crippen molar-refractivity contribution in [2.24, 2.45) is 12.5 Å². The molecule has 0 radical (unpaired) electrons. The number of carboxylic acid groups (broad SMARTS) is 1. The van der Waals surface area contributed by atoms with Crippen LogP contribution in [0.25, 0.3) is 0 Å². The third-order valence-corrected chi connectivity index (χ3v) is 4.04. The van der Waals surface area contributed by atoms with E-state index in [1.54, 1.807) is 13.8 Å². The molecule has 1 aromatic heterocycles. The molecule has 116 valence electrons. The van der Waals surface area contributed by atoms with Crippen LogP contribution in [-0.2, 0) is 11.8 Å². The van der Waals surface area contributed by atoms with Crippen molar-refractivity contribution in [2.75, 3.05) is 0 Å². The van der Waals surface area contributed by atoms with Gasteiger partial charge in [-0.3, -0.25) is 9.59 Å². The number of aliphatic carboxylic acids is 1. The first-order valence-corrected chi connectivity index (χ1v) is 6.28. The zero-order chi connectivity index (χ0) is 16.6. The van der Waals surface area contributed by atoms with Gasteiger partial charge in [0.2, 0.25) is 0 Å². The lowest BCUT2D eigenvalue weighted by Gasteiger charge is -2.38. The number of amides is 1. The molecule has 0 spiro atoms. The average molecular weight is 297 g/mol. The minimum absolute atomic E-state index is 0.0935. The first kappa shape index (κ1) is 16.7. The van der Waals surface area contributed by atoms with Crippen LogP contribution < -0.4 is 5.32 Å². The van der Waals surface area contributed by atoms with Gasteiger partial charge in [0.15, 0.2) is 5.69 Å². The molecule has 1 heterocycles. The van der Waals surface area contributed by atoms with Crippen LogP contribution in [0.3, 0.4) is 0 Å². The molecule has 2 N–H and O–H groups in total. The van der Waals surface area contributed by atoms with E-state index in [-0.39, 0.29) is 11.5 Å². The maximum atomic E-state index is 12.2. The molecule has 0 aliphatic carbocycles. The second kappa shape index (κ2) is 5.19. The van der Waals surface area contributed by atoms with Gasteiger partial charge in [0.1, 0.15) is 0 Å². The standard InChI is InChI=1S/C13H19N3O5/c1-12(2,11(18)19)13(3,4)14-10(17)8-6-7-9(15(8)5)16(20)21/h6-7H,1-5H3,(H,14,17)(H,18,19). The number of carboxylic acids is 1. The Morgan fingerprint density at radius 2 is 1.81 bits per heavy atom. The molecule has 0 aromatic carbocycles. The first-order valence-electron chi connectivity index (χ1n) is 6.28. The summed E-state index contributed by atoms with van der Waals surface area (Å²) in [5.74, 6) is -1.83. The lowest BCUT2D eigenvalue weighted by atomic mass is 9.74. The molecule has 0 aliphatic heterocycles. The summed E-state index contributed by atoms with van der Waals surface area (Å²) < 4.78 is 1.15. The topological polar surface area (TPSA) is 114 Å². The molecule has 0 unspecified atom stereocenters. The van der Waals surface area contributed by atoms with Gasteiger partial charge in [-0.05, 0) is 38.7 Å². The number of nitrogens with zero attached hydrogens (tertiary/aromatic N) is 2. The highest BCUT2D eigenvalue weighted by atomic mass is 16.6. The van der Waals surface area contributed by atoms with E-state index in [2.05, 4.69) is 5.32 Å². The molecule has 21 heavy (non-hydrogen) atoms. The summed E-state index contributed by atoms with van der Waals surface area (Å²) in [4.78, 5) is 33.7. The van der Waals surface area contributed by atoms with Crippen LogP contribution in [0.5, 0.6) is 0 Å². The Labute approximate surface area is 121 Å². The van der Waals surface area contributed by atoms with Gasteiger partial charge in [0, 0.05) is 6.07 Å². The lowest BCUT2D eigenvalue weighted by molar-refractivity contribution is -0.391. The first-order chi connectivity index (χ1) is 9.41. The van der Waals surface area contributed by atoms with Gasteiger partial charge in [0.05, 0.1) is 18.0 Å². The van der Waals surface area contributed by atoms with Gasteiger partial charge >= 0.3 is 11.8 Å². The Morgan fingerprint density at radius 1 is 1.29 bits per heavy atom. The van der Waals surface area contributed by atoms with Crippen molar-refractivity contribution in [2.45, 2.75) is 33.2 Å². The molecular formula is C13H19N3O5. The number of nitro groups is 1. The zero-order valence-corrected chi connectivity index (χ0v) is 12.6. The van der Waals surface area contributed by atoms with E-state index in [1.807, 2.05) is 0 Å². The maximum Gasteiger partial charge on any atom is 0.323 e. The fraction of sp³-hybridized carbons (Fsp3) is 0.538. The maximum absolute atomic E-state index is 12.2. The Morgan fingerprint density at radius 3 is 2.19 bits per heavy atom. The molecule has 1 rings (SSSR count). The Kier molecular flexibility index (Phi) is 4.12. The molecular weight excluding hydrogens is 278 g/mol. The Bertz CT molecular complexity index is 601. The number of rotatable bonds is 5. The number of carbonyl (C=O) groups is 2. The average Bonchev–Trinajstić information content (AvgIpc) is 2.69. The van der Waals surface area contributed by atoms with E-state index in [0.29, 0.717) is 0 Å². The highest BCUT2D eigenvalue weighted by molar-refractivity contribution is 5.94. The van der Waals surface area contributed by atoms with Crippen molar-refractivity contribution < 1.29 is 19.6 Å². The predicted molar refractivity (Wildman–Crippen MR) is 75.0 cm³/mol.